The molecule has 0 spiro atoms. The first-order valence-corrected chi connectivity index (χ1v) is 11.7. The van der Waals surface area contributed by atoms with Crippen molar-refractivity contribution in [3.8, 4) is 0 Å². The van der Waals surface area contributed by atoms with Gasteiger partial charge in [-0.3, -0.25) is 0 Å². The number of nitrogens with one attached hydrogen (secondary N) is 2. The Bertz CT molecular complexity index is 617. The average molecular weight is 547 g/mol. The maximum Gasteiger partial charge on any atom is 0.191 e. The summed E-state index contributed by atoms with van der Waals surface area (Å²) in [6.07, 6.45) is 3.39. The van der Waals surface area contributed by atoms with E-state index >= 15 is 0 Å². The van der Waals surface area contributed by atoms with Crippen LogP contribution in [0.15, 0.2) is 29.3 Å². The van der Waals surface area contributed by atoms with Crippen molar-refractivity contribution in [3.63, 3.8) is 0 Å². The SMILES string of the molecule is CCNC(=NCc1ccc(N2CCC(CO)CC2)cc1)NCCC(OCC)C(C)C.I. The minimum absolute atomic E-state index is 0. The van der Waals surface area contributed by atoms with E-state index in [9.17, 15) is 5.11 Å². The van der Waals surface area contributed by atoms with Gasteiger partial charge in [-0.2, -0.15) is 0 Å². The van der Waals surface area contributed by atoms with E-state index in [0.29, 0.717) is 25.0 Å². The third-order valence-electron chi connectivity index (χ3n) is 5.78. The molecule has 1 aliphatic heterocycles. The molecule has 7 heteroatoms. The van der Waals surface area contributed by atoms with Crippen LogP contribution in [-0.4, -0.2) is 56.6 Å². The highest BCUT2D eigenvalue weighted by atomic mass is 127. The van der Waals surface area contributed by atoms with Gasteiger partial charge in [-0.05, 0) is 62.6 Å². The number of rotatable bonds is 11. The Hall–Kier alpha value is -1.06. The van der Waals surface area contributed by atoms with Crippen molar-refractivity contribution in [2.45, 2.75) is 59.6 Å². The van der Waals surface area contributed by atoms with Gasteiger partial charge in [0.2, 0.25) is 0 Å². The number of anilines is 1. The summed E-state index contributed by atoms with van der Waals surface area (Å²) in [7, 11) is 0. The Morgan fingerprint density at radius 3 is 2.39 bits per heavy atom. The lowest BCUT2D eigenvalue weighted by Gasteiger charge is -2.32. The second kappa shape index (κ2) is 15.7. The van der Waals surface area contributed by atoms with E-state index in [4.69, 9.17) is 9.73 Å². The molecule has 0 amide bonds. The highest BCUT2D eigenvalue weighted by molar-refractivity contribution is 14.0. The maximum atomic E-state index is 9.31. The molecule has 2 rings (SSSR count). The number of ether oxygens (including phenoxy) is 1. The Morgan fingerprint density at radius 2 is 1.84 bits per heavy atom. The lowest BCUT2D eigenvalue weighted by molar-refractivity contribution is 0.0258. The van der Waals surface area contributed by atoms with Crippen LogP contribution in [0.4, 0.5) is 5.69 Å². The van der Waals surface area contributed by atoms with E-state index < -0.39 is 0 Å². The van der Waals surface area contributed by atoms with Crippen LogP contribution in [0.3, 0.4) is 0 Å². The van der Waals surface area contributed by atoms with Gasteiger partial charge in [-0.1, -0.05) is 26.0 Å². The van der Waals surface area contributed by atoms with Crippen LogP contribution < -0.4 is 15.5 Å². The molecule has 0 aromatic heterocycles. The predicted octanol–water partition coefficient (Wildman–Crippen LogP) is 4.02. The minimum Gasteiger partial charge on any atom is -0.396 e. The van der Waals surface area contributed by atoms with Gasteiger partial charge in [-0.15, -0.1) is 24.0 Å². The van der Waals surface area contributed by atoms with Gasteiger partial charge in [-0.25, -0.2) is 4.99 Å². The number of hydrogen-bond donors (Lipinski definition) is 3. The van der Waals surface area contributed by atoms with E-state index in [2.05, 4.69) is 67.5 Å². The van der Waals surface area contributed by atoms with Gasteiger partial charge < -0.3 is 25.4 Å². The smallest absolute Gasteiger partial charge is 0.191 e. The molecule has 0 radical (unpaired) electrons. The lowest BCUT2D eigenvalue weighted by atomic mass is 9.97. The molecular formula is C24H43IN4O2. The number of halogens is 1. The number of nitrogens with zero attached hydrogens (tertiary/aromatic N) is 2. The van der Waals surface area contributed by atoms with E-state index in [1.165, 1.54) is 11.3 Å². The normalized spacial score (nSPS) is 16.2. The monoisotopic (exact) mass is 546 g/mol. The molecule has 31 heavy (non-hydrogen) atoms. The van der Waals surface area contributed by atoms with Crippen molar-refractivity contribution < 1.29 is 9.84 Å². The number of aliphatic hydroxyl groups excluding tert-OH is 1. The topological polar surface area (TPSA) is 69.1 Å². The summed E-state index contributed by atoms with van der Waals surface area (Å²) in [5, 5.41) is 16.1. The van der Waals surface area contributed by atoms with Crippen molar-refractivity contribution in [1.29, 1.82) is 0 Å². The first-order chi connectivity index (χ1) is 14.6. The average Bonchev–Trinajstić information content (AvgIpc) is 2.77. The summed E-state index contributed by atoms with van der Waals surface area (Å²) in [5.41, 5.74) is 2.47. The summed E-state index contributed by atoms with van der Waals surface area (Å²) in [6.45, 7) is 14.0. The number of hydrogen-bond acceptors (Lipinski definition) is 4. The fourth-order valence-corrected chi connectivity index (χ4v) is 3.85. The van der Waals surface area contributed by atoms with Gasteiger partial charge in [0.1, 0.15) is 0 Å². The Balaban J connectivity index is 0.00000480. The van der Waals surface area contributed by atoms with E-state index in [0.717, 1.165) is 58.0 Å². The van der Waals surface area contributed by atoms with Gasteiger partial charge in [0.05, 0.1) is 12.6 Å². The fourth-order valence-electron chi connectivity index (χ4n) is 3.85. The number of aliphatic hydroxyl groups is 1. The van der Waals surface area contributed by atoms with Gasteiger partial charge >= 0.3 is 0 Å². The van der Waals surface area contributed by atoms with Crippen LogP contribution in [0.25, 0.3) is 0 Å². The van der Waals surface area contributed by atoms with Crippen LogP contribution in [0.2, 0.25) is 0 Å². The molecule has 1 heterocycles. The maximum absolute atomic E-state index is 9.31. The fraction of sp³-hybridized carbons (Fsp3) is 0.708. The summed E-state index contributed by atoms with van der Waals surface area (Å²) < 4.78 is 5.83. The number of piperidine rings is 1. The zero-order chi connectivity index (χ0) is 21.8. The molecule has 1 aromatic carbocycles. The van der Waals surface area contributed by atoms with Gasteiger partial charge in [0, 0.05) is 45.1 Å². The van der Waals surface area contributed by atoms with Crippen molar-refractivity contribution in [3.05, 3.63) is 29.8 Å². The minimum atomic E-state index is 0. The summed E-state index contributed by atoms with van der Waals surface area (Å²) >= 11 is 0. The van der Waals surface area contributed by atoms with Crippen molar-refractivity contribution in [2.75, 3.05) is 44.3 Å². The zero-order valence-corrected chi connectivity index (χ0v) is 22.1. The molecule has 0 saturated carbocycles. The molecule has 3 N–H and O–H groups in total. The summed E-state index contributed by atoms with van der Waals surface area (Å²) in [5.74, 6) is 1.84. The summed E-state index contributed by atoms with van der Waals surface area (Å²) in [6, 6.07) is 8.73. The highest BCUT2D eigenvalue weighted by Gasteiger charge is 2.18. The number of aliphatic imine (C=N–C) groups is 1. The Kier molecular flexibility index (Phi) is 14.2. The van der Waals surface area contributed by atoms with Crippen LogP contribution >= 0.6 is 24.0 Å². The van der Waals surface area contributed by atoms with Crippen molar-refractivity contribution >= 4 is 35.6 Å². The molecule has 1 unspecified atom stereocenters. The molecule has 1 aliphatic rings. The Labute approximate surface area is 206 Å². The molecule has 6 nitrogen and oxygen atoms in total. The van der Waals surface area contributed by atoms with Gasteiger partial charge in [0.15, 0.2) is 5.96 Å². The van der Waals surface area contributed by atoms with Crippen molar-refractivity contribution in [1.82, 2.24) is 10.6 Å². The molecule has 178 valence electrons. The first-order valence-electron chi connectivity index (χ1n) is 11.7. The predicted molar refractivity (Wildman–Crippen MR) is 142 cm³/mol. The second-order valence-corrected chi connectivity index (χ2v) is 8.43. The molecule has 1 fully saturated rings. The second-order valence-electron chi connectivity index (χ2n) is 8.43. The standard InChI is InChI=1S/C24H42N4O2.HI/c1-5-25-24(26-14-11-23(19(3)4)30-6-2)27-17-20-7-9-22(10-8-20)28-15-12-21(18-29)13-16-28;/h7-10,19,21,23,29H,5-6,11-18H2,1-4H3,(H2,25,26,27);1H. The van der Waals surface area contributed by atoms with E-state index in [-0.39, 0.29) is 30.1 Å². The first kappa shape index (κ1) is 28.0. The lowest BCUT2D eigenvalue weighted by Crippen LogP contribution is -2.39. The third kappa shape index (κ3) is 9.95. The van der Waals surface area contributed by atoms with E-state index in [1.807, 2.05) is 0 Å². The quantitative estimate of drug-likeness (QED) is 0.222. The van der Waals surface area contributed by atoms with E-state index in [1.54, 1.807) is 0 Å². The molecule has 1 saturated heterocycles. The number of benzene rings is 1. The summed E-state index contributed by atoms with van der Waals surface area (Å²) in [4.78, 5) is 7.16. The highest BCUT2D eigenvalue weighted by Crippen LogP contribution is 2.23. The van der Waals surface area contributed by atoms with Gasteiger partial charge in [0.25, 0.3) is 0 Å². The zero-order valence-electron chi connectivity index (χ0n) is 19.8. The molecule has 1 aromatic rings. The molecule has 0 aliphatic carbocycles. The molecule has 0 bridgehead atoms. The van der Waals surface area contributed by atoms with Crippen LogP contribution in [0, 0.1) is 11.8 Å². The number of guanidine groups is 1. The van der Waals surface area contributed by atoms with Crippen LogP contribution in [0.1, 0.15) is 52.5 Å². The van der Waals surface area contributed by atoms with Crippen LogP contribution in [0.5, 0.6) is 0 Å². The van der Waals surface area contributed by atoms with Crippen molar-refractivity contribution in [2.24, 2.45) is 16.8 Å². The Morgan fingerprint density at radius 1 is 1.16 bits per heavy atom. The third-order valence-corrected chi connectivity index (χ3v) is 5.78. The van der Waals surface area contributed by atoms with Crippen LogP contribution in [-0.2, 0) is 11.3 Å². The molecule has 1 atom stereocenters. The molecular weight excluding hydrogens is 503 g/mol. The largest absolute Gasteiger partial charge is 0.396 e.